The van der Waals surface area contributed by atoms with Crippen molar-refractivity contribution in [3.05, 3.63) is 66.7 Å². The van der Waals surface area contributed by atoms with Crippen molar-refractivity contribution in [3.63, 3.8) is 0 Å². The molecule has 0 spiro atoms. The Balaban J connectivity index is 0.755. The highest BCUT2D eigenvalue weighted by Gasteiger charge is 2.48. The maximum absolute atomic E-state index is 13.3. The number of nitrogens with one attached hydrogen (secondary N) is 1. The Labute approximate surface area is 323 Å². The number of rotatable bonds is 14. The van der Waals surface area contributed by atoms with Crippen LogP contribution in [0.15, 0.2) is 65.5 Å². The van der Waals surface area contributed by atoms with E-state index in [0.29, 0.717) is 42.9 Å². The first-order chi connectivity index (χ1) is 26.7. The molecule has 3 aliphatic rings. The summed E-state index contributed by atoms with van der Waals surface area (Å²) in [6, 6.07) is 12.9. The summed E-state index contributed by atoms with van der Waals surface area (Å²) in [5, 5.41) is 3.14. The largest absolute Gasteiger partial charge is 0.491 e. The number of benzene rings is 1. The summed E-state index contributed by atoms with van der Waals surface area (Å²) in [4.78, 5) is 46.4. The van der Waals surface area contributed by atoms with Gasteiger partial charge in [0.25, 0.3) is 0 Å². The Kier molecular flexibility index (Phi) is 12.5. The maximum Gasteiger partial charge on any atom is 0.411 e. The molecular weight excluding hydrogens is 699 g/mol. The molecular formula is C42H55N7O6. The summed E-state index contributed by atoms with van der Waals surface area (Å²) < 4.78 is 23.6. The van der Waals surface area contributed by atoms with Gasteiger partial charge in [-0.25, -0.2) is 9.78 Å². The molecule has 3 fully saturated rings. The molecule has 13 heteroatoms. The zero-order valence-corrected chi connectivity index (χ0v) is 32.5. The average molecular weight is 754 g/mol. The number of piperazine rings is 1. The second-order valence-corrected chi connectivity index (χ2v) is 15.9. The molecule has 1 aliphatic carbocycles. The maximum atomic E-state index is 13.3. The first kappa shape index (κ1) is 38.5. The fourth-order valence-electron chi connectivity index (χ4n) is 7.94. The zero-order valence-electron chi connectivity index (χ0n) is 32.5. The molecule has 5 heterocycles. The van der Waals surface area contributed by atoms with E-state index < -0.39 is 11.6 Å². The molecule has 13 nitrogen and oxygen atoms in total. The van der Waals surface area contributed by atoms with Crippen molar-refractivity contribution in [1.29, 1.82) is 0 Å². The van der Waals surface area contributed by atoms with E-state index >= 15 is 0 Å². The minimum absolute atomic E-state index is 0.0360. The molecule has 3 aromatic heterocycles. The number of likely N-dealkylation sites (tertiary alicyclic amines) is 1. The lowest BCUT2D eigenvalue weighted by Gasteiger charge is -2.35. The van der Waals surface area contributed by atoms with Crippen molar-refractivity contribution in [2.24, 2.45) is 5.92 Å². The van der Waals surface area contributed by atoms with Crippen LogP contribution in [0.2, 0.25) is 0 Å². The third-order valence-electron chi connectivity index (χ3n) is 10.8. The number of unbranched alkanes of at least 4 members (excludes halogenated alkanes) is 1. The van der Waals surface area contributed by atoms with Crippen molar-refractivity contribution < 1.29 is 28.2 Å². The Morgan fingerprint density at radius 1 is 0.927 bits per heavy atom. The van der Waals surface area contributed by atoms with Crippen molar-refractivity contribution >= 4 is 23.1 Å². The Morgan fingerprint density at radius 2 is 1.73 bits per heavy atom. The van der Waals surface area contributed by atoms with Gasteiger partial charge in [-0.15, -0.1) is 0 Å². The van der Waals surface area contributed by atoms with Crippen LogP contribution in [-0.2, 0) is 16.1 Å². The highest BCUT2D eigenvalue weighted by atomic mass is 16.6. The van der Waals surface area contributed by atoms with E-state index in [1.54, 1.807) is 23.5 Å². The van der Waals surface area contributed by atoms with Crippen LogP contribution in [0.5, 0.6) is 11.5 Å². The minimum atomic E-state index is -0.585. The van der Waals surface area contributed by atoms with Gasteiger partial charge in [0.1, 0.15) is 41.9 Å². The number of hydrogen-bond donors (Lipinski definition) is 1. The van der Waals surface area contributed by atoms with Gasteiger partial charge in [-0.1, -0.05) is 12.8 Å². The van der Waals surface area contributed by atoms with Crippen LogP contribution in [-0.4, -0.2) is 112 Å². The van der Waals surface area contributed by atoms with E-state index in [4.69, 9.17) is 18.6 Å². The topological polar surface area (TPSA) is 135 Å². The smallest absolute Gasteiger partial charge is 0.411 e. The molecule has 1 saturated carbocycles. The van der Waals surface area contributed by atoms with Crippen molar-refractivity contribution in [2.45, 2.75) is 90.0 Å². The fraction of sp³-hybridized carbons (Fsp3) is 0.548. The second kappa shape index (κ2) is 17.8. The highest BCUT2D eigenvalue weighted by molar-refractivity contribution is 5.86. The predicted octanol–water partition coefficient (Wildman–Crippen LogP) is 6.32. The van der Waals surface area contributed by atoms with E-state index in [1.165, 1.54) is 6.42 Å². The van der Waals surface area contributed by atoms with E-state index in [1.807, 2.05) is 63.2 Å². The Hall–Kier alpha value is -4.75. The van der Waals surface area contributed by atoms with Gasteiger partial charge < -0.3 is 28.8 Å². The molecule has 2 aliphatic heterocycles. The summed E-state index contributed by atoms with van der Waals surface area (Å²) in [5.74, 6) is 2.31. The van der Waals surface area contributed by atoms with E-state index in [0.717, 1.165) is 100 Å². The number of nitrogens with zero attached hydrogens (tertiary/aromatic N) is 6. The highest BCUT2D eigenvalue weighted by Crippen LogP contribution is 2.40. The quantitative estimate of drug-likeness (QED) is 0.145. The van der Waals surface area contributed by atoms with Gasteiger partial charge in [-0.05, 0) is 102 Å². The van der Waals surface area contributed by atoms with Crippen molar-refractivity contribution in [2.75, 3.05) is 52.4 Å². The normalized spacial score (nSPS) is 20.6. The first-order valence-corrected chi connectivity index (χ1v) is 19.9. The van der Waals surface area contributed by atoms with Gasteiger partial charge in [-0.3, -0.25) is 24.6 Å². The number of pyridine rings is 2. The first-order valence-electron chi connectivity index (χ1n) is 19.9. The van der Waals surface area contributed by atoms with Gasteiger partial charge in [0.2, 0.25) is 11.8 Å². The standard InChI is InChI=1S/C42H55N7O6/c1-42(2,3)55-41(51)49-36-11-5-4-9-30(36)25-37(49)39(50)44-17-6-7-18-47-19-21-48(22-20-47)23-24-52-34-13-12-32(45-28-34)29-53-33-14-15-38-35(26-33)46-40(54-38)31-10-8-16-43-27-31/h8,10,12-16,26-28,30,36-37H,4-7,9,11,17-25,29H2,1-3H3,(H,44,50)/t30-,36-,37-/m0/s1. The van der Waals surface area contributed by atoms with Crippen LogP contribution >= 0.6 is 0 Å². The van der Waals surface area contributed by atoms with Crippen molar-refractivity contribution in [3.8, 4) is 23.0 Å². The number of fused-ring (bicyclic) bond motifs is 2. The second-order valence-electron chi connectivity index (χ2n) is 15.9. The van der Waals surface area contributed by atoms with Gasteiger partial charge in [0.15, 0.2) is 5.58 Å². The van der Waals surface area contributed by atoms with E-state index in [2.05, 4.69) is 30.1 Å². The number of carbonyl (C=O) groups excluding carboxylic acids is 2. The monoisotopic (exact) mass is 753 g/mol. The third-order valence-corrected chi connectivity index (χ3v) is 10.8. The molecule has 0 unspecified atom stereocenters. The van der Waals surface area contributed by atoms with Crippen LogP contribution in [0.4, 0.5) is 4.79 Å². The number of hydrogen-bond acceptors (Lipinski definition) is 11. The fourth-order valence-corrected chi connectivity index (χ4v) is 7.94. The molecule has 0 bridgehead atoms. The van der Waals surface area contributed by atoms with Crippen LogP contribution in [0, 0.1) is 5.92 Å². The zero-order chi connectivity index (χ0) is 38.2. The van der Waals surface area contributed by atoms with Gasteiger partial charge in [0, 0.05) is 63.8 Å². The van der Waals surface area contributed by atoms with Crippen LogP contribution in [0.3, 0.4) is 0 Å². The molecule has 2 amide bonds. The molecule has 0 radical (unpaired) electrons. The SMILES string of the molecule is CC(C)(C)OC(=O)N1[C@H](C(=O)NCCCCN2CCN(CCOc3ccc(COc4ccc5oc(-c6cccnc6)nc5c4)nc3)CC2)C[C@@H]2CCCC[C@@H]21. The summed E-state index contributed by atoms with van der Waals surface area (Å²) in [6.45, 7) is 13.1. The van der Waals surface area contributed by atoms with Gasteiger partial charge >= 0.3 is 6.09 Å². The van der Waals surface area contributed by atoms with Crippen LogP contribution in [0.25, 0.3) is 22.6 Å². The lowest BCUT2D eigenvalue weighted by molar-refractivity contribution is -0.126. The lowest BCUT2D eigenvalue weighted by atomic mass is 9.85. The van der Waals surface area contributed by atoms with Gasteiger partial charge in [0.05, 0.1) is 17.5 Å². The summed E-state index contributed by atoms with van der Waals surface area (Å²) in [6.07, 6.45) is 11.8. The Bertz CT molecular complexity index is 1860. The molecule has 294 valence electrons. The van der Waals surface area contributed by atoms with E-state index in [9.17, 15) is 9.59 Å². The minimum Gasteiger partial charge on any atom is -0.491 e. The van der Waals surface area contributed by atoms with E-state index in [-0.39, 0.29) is 18.0 Å². The summed E-state index contributed by atoms with van der Waals surface area (Å²) in [5.41, 5.74) is 2.45. The van der Waals surface area contributed by atoms with Crippen molar-refractivity contribution in [1.82, 2.24) is 35.0 Å². The van der Waals surface area contributed by atoms with Crippen LogP contribution < -0.4 is 14.8 Å². The number of carbonyl (C=O) groups is 2. The summed E-state index contributed by atoms with van der Waals surface area (Å²) >= 11 is 0. The predicted molar refractivity (Wildman–Crippen MR) is 209 cm³/mol. The lowest BCUT2D eigenvalue weighted by Crippen LogP contribution is -2.51. The Morgan fingerprint density at radius 3 is 2.49 bits per heavy atom. The molecule has 2 saturated heterocycles. The van der Waals surface area contributed by atoms with Crippen LogP contribution in [0.1, 0.15) is 71.4 Å². The number of amides is 2. The number of ether oxygens (including phenoxy) is 3. The molecule has 55 heavy (non-hydrogen) atoms. The molecule has 1 aromatic carbocycles. The molecule has 7 rings (SSSR count). The average Bonchev–Trinajstić information content (AvgIpc) is 3.80. The molecule has 4 aromatic rings. The number of oxazole rings is 1. The van der Waals surface area contributed by atoms with Gasteiger partial charge in [-0.2, -0.15) is 0 Å². The molecule has 1 N–H and O–H groups in total. The molecule has 3 atom stereocenters. The third kappa shape index (κ3) is 10.3. The number of aromatic nitrogens is 3. The summed E-state index contributed by atoms with van der Waals surface area (Å²) in [7, 11) is 0.